The standard InChI is InChI=1S/C24H40/c1-3-19-5-7-21(8-6-19)9-10-22-13-17-24(18-14-22)23-15-11-20(4-2)12-16-23/h3,9-10,19-24H,1,4-8,11-18H2,2H3. The molecule has 136 valence electrons. The number of allylic oxidation sites excluding steroid dienone is 3. The molecule has 0 saturated heterocycles. The molecule has 3 rings (SSSR count). The Kier molecular flexibility index (Phi) is 7.05. The SMILES string of the molecule is C=CC1CCC(C=CC2CCC(C3CCC(CC)CC3)CC2)CC1. The molecule has 3 fully saturated rings. The van der Waals surface area contributed by atoms with Crippen molar-refractivity contribution in [1.82, 2.24) is 0 Å². The highest BCUT2D eigenvalue weighted by molar-refractivity contribution is 4.98. The van der Waals surface area contributed by atoms with Gasteiger partial charge in [0.05, 0.1) is 0 Å². The van der Waals surface area contributed by atoms with Crippen LogP contribution in [0.3, 0.4) is 0 Å². The quantitative estimate of drug-likeness (QED) is 0.457. The van der Waals surface area contributed by atoms with Crippen LogP contribution in [0.25, 0.3) is 0 Å². The molecular weight excluding hydrogens is 288 g/mol. The second-order valence-electron chi connectivity index (χ2n) is 9.16. The van der Waals surface area contributed by atoms with Gasteiger partial charge in [0.25, 0.3) is 0 Å². The van der Waals surface area contributed by atoms with Gasteiger partial charge >= 0.3 is 0 Å². The van der Waals surface area contributed by atoms with E-state index in [9.17, 15) is 0 Å². The van der Waals surface area contributed by atoms with Crippen LogP contribution in [0.5, 0.6) is 0 Å². The zero-order valence-corrected chi connectivity index (χ0v) is 16.1. The van der Waals surface area contributed by atoms with Crippen molar-refractivity contribution in [2.45, 2.75) is 90.4 Å². The predicted octanol–water partition coefficient (Wildman–Crippen LogP) is 7.56. The first-order valence-corrected chi connectivity index (χ1v) is 11.1. The number of hydrogen-bond acceptors (Lipinski definition) is 0. The van der Waals surface area contributed by atoms with Gasteiger partial charge in [-0.1, -0.05) is 44.4 Å². The fraction of sp³-hybridized carbons (Fsp3) is 0.833. The summed E-state index contributed by atoms with van der Waals surface area (Å²) in [5.41, 5.74) is 0. The summed E-state index contributed by atoms with van der Waals surface area (Å²) >= 11 is 0. The third kappa shape index (κ3) is 4.99. The maximum Gasteiger partial charge on any atom is -0.0233 e. The third-order valence-corrected chi connectivity index (χ3v) is 7.76. The molecule has 0 aromatic rings. The summed E-state index contributed by atoms with van der Waals surface area (Å²) in [4.78, 5) is 0. The van der Waals surface area contributed by atoms with Crippen LogP contribution in [0, 0.1) is 35.5 Å². The van der Waals surface area contributed by atoms with Crippen molar-refractivity contribution in [3.8, 4) is 0 Å². The van der Waals surface area contributed by atoms with Crippen LogP contribution < -0.4 is 0 Å². The van der Waals surface area contributed by atoms with Crippen molar-refractivity contribution < 1.29 is 0 Å². The maximum atomic E-state index is 3.97. The van der Waals surface area contributed by atoms with Gasteiger partial charge in [0, 0.05) is 0 Å². The first kappa shape index (κ1) is 18.3. The summed E-state index contributed by atoms with van der Waals surface area (Å²) in [7, 11) is 0. The molecule has 0 atom stereocenters. The fourth-order valence-corrected chi connectivity index (χ4v) is 5.76. The van der Waals surface area contributed by atoms with Gasteiger partial charge in [-0.05, 0) is 99.7 Å². The van der Waals surface area contributed by atoms with Crippen molar-refractivity contribution in [3.63, 3.8) is 0 Å². The molecule has 0 unspecified atom stereocenters. The third-order valence-electron chi connectivity index (χ3n) is 7.76. The number of rotatable bonds is 5. The Hall–Kier alpha value is -0.520. The Labute approximate surface area is 151 Å². The molecule has 0 aromatic heterocycles. The van der Waals surface area contributed by atoms with E-state index in [-0.39, 0.29) is 0 Å². The summed E-state index contributed by atoms with van der Waals surface area (Å²) < 4.78 is 0. The zero-order valence-electron chi connectivity index (χ0n) is 16.1. The molecule has 0 heterocycles. The molecule has 0 aromatic carbocycles. The van der Waals surface area contributed by atoms with Gasteiger partial charge in [0.15, 0.2) is 0 Å². The highest BCUT2D eigenvalue weighted by Crippen LogP contribution is 2.42. The molecule has 0 amide bonds. The van der Waals surface area contributed by atoms with Crippen molar-refractivity contribution in [2.75, 3.05) is 0 Å². The van der Waals surface area contributed by atoms with Crippen LogP contribution >= 0.6 is 0 Å². The van der Waals surface area contributed by atoms with E-state index in [1.807, 2.05) is 0 Å². The molecule has 0 nitrogen and oxygen atoms in total. The Bertz CT molecular complexity index is 382. The van der Waals surface area contributed by atoms with E-state index in [1.165, 1.54) is 83.5 Å². The lowest BCUT2D eigenvalue weighted by Gasteiger charge is -2.37. The normalized spacial score (nSPS) is 41.4. The second-order valence-corrected chi connectivity index (χ2v) is 9.16. The lowest BCUT2D eigenvalue weighted by Crippen LogP contribution is -2.25. The van der Waals surface area contributed by atoms with Gasteiger partial charge in [0.1, 0.15) is 0 Å². The van der Waals surface area contributed by atoms with E-state index >= 15 is 0 Å². The van der Waals surface area contributed by atoms with Crippen molar-refractivity contribution in [2.24, 2.45) is 35.5 Å². The summed E-state index contributed by atoms with van der Waals surface area (Å²) in [6.07, 6.45) is 26.4. The minimum Gasteiger partial charge on any atom is -0.103 e. The summed E-state index contributed by atoms with van der Waals surface area (Å²) in [5, 5.41) is 0. The van der Waals surface area contributed by atoms with E-state index in [0.717, 1.165) is 35.5 Å². The monoisotopic (exact) mass is 328 g/mol. The molecule has 0 spiro atoms. The van der Waals surface area contributed by atoms with Crippen molar-refractivity contribution in [1.29, 1.82) is 0 Å². The van der Waals surface area contributed by atoms with Crippen LogP contribution in [0.1, 0.15) is 90.4 Å². The van der Waals surface area contributed by atoms with Crippen molar-refractivity contribution >= 4 is 0 Å². The first-order chi connectivity index (χ1) is 11.8. The topological polar surface area (TPSA) is 0 Å². The van der Waals surface area contributed by atoms with E-state index < -0.39 is 0 Å². The van der Waals surface area contributed by atoms with Crippen LogP contribution in [0.2, 0.25) is 0 Å². The van der Waals surface area contributed by atoms with Crippen LogP contribution in [0.4, 0.5) is 0 Å². The second kappa shape index (κ2) is 9.25. The lowest BCUT2D eigenvalue weighted by molar-refractivity contribution is 0.154. The maximum absolute atomic E-state index is 3.97. The van der Waals surface area contributed by atoms with Gasteiger partial charge in [-0.15, -0.1) is 6.58 Å². The average Bonchev–Trinajstić information content (AvgIpc) is 2.67. The Morgan fingerprint density at radius 1 is 0.625 bits per heavy atom. The largest absolute Gasteiger partial charge is 0.103 e. The lowest BCUT2D eigenvalue weighted by atomic mass is 9.69. The molecule has 0 bridgehead atoms. The highest BCUT2D eigenvalue weighted by atomic mass is 14.4. The predicted molar refractivity (Wildman–Crippen MR) is 106 cm³/mol. The molecule has 3 saturated carbocycles. The summed E-state index contributed by atoms with van der Waals surface area (Å²) in [6.45, 7) is 6.35. The minimum atomic E-state index is 0.799. The van der Waals surface area contributed by atoms with E-state index in [2.05, 4.69) is 31.7 Å². The average molecular weight is 329 g/mol. The molecule has 24 heavy (non-hydrogen) atoms. The van der Waals surface area contributed by atoms with Crippen LogP contribution in [0.15, 0.2) is 24.8 Å². The Morgan fingerprint density at radius 2 is 1.04 bits per heavy atom. The molecular formula is C24H40. The molecule has 0 aliphatic heterocycles. The molecule has 0 radical (unpaired) electrons. The summed E-state index contributed by atoms with van der Waals surface area (Å²) in [6, 6.07) is 0. The van der Waals surface area contributed by atoms with Gasteiger partial charge < -0.3 is 0 Å². The van der Waals surface area contributed by atoms with Gasteiger partial charge in [-0.2, -0.15) is 0 Å². The van der Waals surface area contributed by atoms with Gasteiger partial charge in [-0.3, -0.25) is 0 Å². The van der Waals surface area contributed by atoms with Gasteiger partial charge in [-0.25, -0.2) is 0 Å². The molecule has 3 aliphatic rings. The molecule has 3 aliphatic carbocycles. The summed E-state index contributed by atoms with van der Waals surface area (Å²) in [5.74, 6) is 5.75. The van der Waals surface area contributed by atoms with E-state index in [4.69, 9.17) is 0 Å². The highest BCUT2D eigenvalue weighted by Gasteiger charge is 2.30. The smallest absolute Gasteiger partial charge is 0.0233 e. The molecule has 0 N–H and O–H groups in total. The number of hydrogen-bond donors (Lipinski definition) is 0. The Morgan fingerprint density at radius 3 is 1.50 bits per heavy atom. The Balaban J connectivity index is 1.36. The van der Waals surface area contributed by atoms with Crippen molar-refractivity contribution in [3.05, 3.63) is 24.8 Å². The van der Waals surface area contributed by atoms with E-state index in [0.29, 0.717) is 0 Å². The molecule has 0 heteroatoms. The fourth-order valence-electron chi connectivity index (χ4n) is 5.76. The van der Waals surface area contributed by atoms with Gasteiger partial charge in [0.2, 0.25) is 0 Å². The van der Waals surface area contributed by atoms with Crippen LogP contribution in [-0.2, 0) is 0 Å². The van der Waals surface area contributed by atoms with Crippen LogP contribution in [-0.4, -0.2) is 0 Å². The zero-order chi connectivity index (χ0) is 16.8. The first-order valence-electron chi connectivity index (χ1n) is 11.1. The van der Waals surface area contributed by atoms with E-state index in [1.54, 1.807) is 0 Å². The minimum absolute atomic E-state index is 0.799.